The molecule has 33 heavy (non-hydrogen) atoms. The second kappa shape index (κ2) is 8.87. The van der Waals surface area contributed by atoms with Crippen LogP contribution in [0.1, 0.15) is 11.8 Å². The quantitative estimate of drug-likeness (QED) is 0.240. The van der Waals surface area contributed by atoms with Gasteiger partial charge in [0.1, 0.15) is 24.6 Å². The molecule has 2 aromatic heterocycles. The minimum Gasteiger partial charge on any atom is -0.401 e. The van der Waals surface area contributed by atoms with Crippen LogP contribution in [0.5, 0.6) is 5.75 Å². The highest BCUT2D eigenvalue weighted by atomic mass is 31.2. The van der Waals surface area contributed by atoms with Gasteiger partial charge in [-0.1, -0.05) is 0 Å². The van der Waals surface area contributed by atoms with E-state index >= 15 is 0 Å². The molecule has 3 aromatic rings. The first-order valence-electron chi connectivity index (χ1n) is 9.36. The van der Waals surface area contributed by atoms with Crippen molar-refractivity contribution in [2.24, 2.45) is 0 Å². The Kier molecular flexibility index (Phi) is 6.28. The normalized spacial score (nSPS) is 23.2. The Morgan fingerprint density at radius 3 is 2.61 bits per heavy atom. The Bertz CT molecular complexity index is 1220. The average Bonchev–Trinajstić information content (AvgIpc) is 3.30. The number of rotatable bonds is 7. The van der Waals surface area contributed by atoms with Crippen LogP contribution in [0, 0.1) is 11.6 Å². The summed E-state index contributed by atoms with van der Waals surface area (Å²) in [6.45, 7) is -0.674. The minimum absolute atomic E-state index is 0.0759. The number of fused-ring (bicyclic) bond motifs is 1. The molecule has 0 radical (unpaired) electrons. The van der Waals surface area contributed by atoms with Gasteiger partial charge >= 0.3 is 7.82 Å². The molecule has 6 N–H and O–H groups in total. The Morgan fingerprint density at radius 1 is 1.18 bits per heavy atom. The standard InChI is InChI=1S/C17H18F2N5O8P/c18-8-1-7(2-9(11(8)19)32-33(28,29)30)3-20-15-12-16(22-5-21-15)24(6-23-12)17-14(27)13(26)10(4-25)31-17/h1-2,5-6,10,13-14,17,25-27H,3-4H2,(H,20,21,22)(H2,28,29,30)/t10-,13-,14-,17-/m1/s1. The number of ether oxygens (including phenoxy) is 1. The Morgan fingerprint density at radius 2 is 1.94 bits per heavy atom. The predicted octanol–water partition coefficient (Wildman–Crippen LogP) is -0.200. The third-order valence-electron chi connectivity index (χ3n) is 4.88. The fourth-order valence-corrected chi connectivity index (χ4v) is 3.77. The van der Waals surface area contributed by atoms with Gasteiger partial charge in [-0.25, -0.2) is 23.9 Å². The van der Waals surface area contributed by atoms with E-state index in [0.29, 0.717) is 0 Å². The SMILES string of the molecule is O=P(O)(O)Oc1cc(CNc2ncnc3c2ncn3[C@@H]2O[C@H](CO)[C@@H](O)[C@H]2O)cc(F)c1F. The monoisotopic (exact) mass is 489 g/mol. The number of aliphatic hydroxyl groups is 3. The molecule has 1 aliphatic heterocycles. The number of hydrogen-bond acceptors (Lipinski definition) is 10. The van der Waals surface area contributed by atoms with Gasteiger partial charge < -0.3 is 29.9 Å². The molecule has 0 unspecified atom stereocenters. The zero-order valence-corrected chi connectivity index (χ0v) is 17.4. The number of phosphoric ester groups is 1. The molecule has 178 valence electrons. The van der Waals surface area contributed by atoms with Crippen LogP contribution in [0.3, 0.4) is 0 Å². The van der Waals surface area contributed by atoms with E-state index in [4.69, 9.17) is 14.5 Å². The maximum atomic E-state index is 13.8. The van der Waals surface area contributed by atoms with Gasteiger partial charge in [-0.2, -0.15) is 4.39 Å². The van der Waals surface area contributed by atoms with Gasteiger partial charge in [0.15, 0.2) is 34.8 Å². The number of aliphatic hydroxyl groups excluding tert-OH is 3. The van der Waals surface area contributed by atoms with Crippen molar-refractivity contribution >= 4 is 24.8 Å². The van der Waals surface area contributed by atoms with Crippen molar-refractivity contribution in [3.8, 4) is 5.75 Å². The van der Waals surface area contributed by atoms with Gasteiger partial charge in [0.05, 0.1) is 12.9 Å². The van der Waals surface area contributed by atoms with E-state index in [2.05, 4.69) is 24.8 Å². The molecule has 0 bridgehead atoms. The van der Waals surface area contributed by atoms with Gasteiger partial charge in [-0.3, -0.25) is 14.4 Å². The van der Waals surface area contributed by atoms with Crippen LogP contribution in [0.15, 0.2) is 24.8 Å². The molecule has 1 fully saturated rings. The summed E-state index contributed by atoms with van der Waals surface area (Å²) in [5.74, 6) is -3.72. The van der Waals surface area contributed by atoms with E-state index in [0.717, 1.165) is 18.5 Å². The fourth-order valence-electron chi connectivity index (χ4n) is 3.38. The lowest BCUT2D eigenvalue weighted by molar-refractivity contribution is -0.0511. The second-order valence-corrected chi connectivity index (χ2v) is 8.26. The molecule has 1 aromatic carbocycles. The highest BCUT2D eigenvalue weighted by molar-refractivity contribution is 7.46. The maximum absolute atomic E-state index is 13.8. The van der Waals surface area contributed by atoms with Crippen molar-refractivity contribution in [1.82, 2.24) is 19.5 Å². The highest BCUT2D eigenvalue weighted by Crippen LogP contribution is 2.39. The van der Waals surface area contributed by atoms with Crippen molar-refractivity contribution in [3.63, 3.8) is 0 Å². The summed E-state index contributed by atoms with van der Waals surface area (Å²) in [4.78, 5) is 30.0. The molecular weight excluding hydrogens is 471 g/mol. The molecule has 0 aliphatic carbocycles. The number of hydrogen-bond donors (Lipinski definition) is 6. The van der Waals surface area contributed by atoms with Crippen LogP contribution in [0.4, 0.5) is 14.6 Å². The van der Waals surface area contributed by atoms with Crippen molar-refractivity contribution in [2.45, 2.75) is 31.1 Å². The van der Waals surface area contributed by atoms with Crippen molar-refractivity contribution in [3.05, 3.63) is 42.0 Å². The molecule has 16 heteroatoms. The molecule has 4 atom stereocenters. The smallest absolute Gasteiger partial charge is 0.401 e. The molecule has 3 heterocycles. The second-order valence-electron chi connectivity index (χ2n) is 7.10. The van der Waals surface area contributed by atoms with E-state index in [-0.39, 0.29) is 29.1 Å². The largest absolute Gasteiger partial charge is 0.524 e. The van der Waals surface area contributed by atoms with E-state index in [9.17, 15) is 28.7 Å². The molecule has 1 aliphatic rings. The predicted molar refractivity (Wildman–Crippen MR) is 105 cm³/mol. The van der Waals surface area contributed by atoms with E-state index in [1.54, 1.807) is 0 Å². The lowest BCUT2D eigenvalue weighted by Gasteiger charge is -2.16. The van der Waals surface area contributed by atoms with Crippen LogP contribution in [-0.4, -0.2) is 69.5 Å². The van der Waals surface area contributed by atoms with Crippen LogP contribution >= 0.6 is 7.82 Å². The number of benzene rings is 1. The van der Waals surface area contributed by atoms with Crippen LogP contribution < -0.4 is 9.84 Å². The summed E-state index contributed by atoms with van der Waals surface area (Å²) in [5, 5.41) is 32.3. The molecule has 0 spiro atoms. The molecule has 0 amide bonds. The Balaban J connectivity index is 1.58. The summed E-state index contributed by atoms with van der Waals surface area (Å²) >= 11 is 0. The van der Waals surface area contributed by atoms with Crippen molar-refractivity contribution in [2.75, 3.05) is 11.9 Å². The summed E-state index contributed by atoms with van der Waals surface area (Å²) in [6, 6.07) is 1.73. The maximum Gasteiger partial charge on any atom is 0.524 e. The average molecular weight is 489 g/mol. The lowest BCUT2D eigenvalue weighted by atomic mass is 10.1. The summed E-state index contributed by atoms with van der Waals surface area (Å²) in [6.07, 6.45) is -2.31. The zero-order chi connectivity index (χ0) is 23.9. The Labute approximate surface area is 183 Å². The number of imidazole rings is 1. The summed E-state index contributed by atoms with van der Waals surface area (Å²) in [5.41, 5.74) is 0.495. The third kappa shape index (κ3) is 4.65. The molecular formula is C17H18F2N5O8P. The molecule has 13 nitrogen and oxygen atoms in total. The third-order valence-corrected chi connectivity index (χ3v) is 5.32. The van der Waals surface area contributed by atoms with E-state index in [1.807, 2.05) is 0 Å². The fraction of sp³-hybridized carbons (Fsp3) is 0.353. The number of nitrogens with zero attached hydrogens (tertiary/aromatic N) is 4. The van der Waals surface area contributed by atoms with Gasteiger partial charge in [-0.05, 0) is 17.7 Å². The van der Waals surface area contributed by atoms with Crippen molar-refractivity contribution in [1.29, 1.82) is 0 Å². The van der Waals surface area contributed by atoms with E-state index < -0.39 is 56.4 Å². The lowest BCUT2D eigenvalue weighted by Crippen LogP contribution is -2.33. The zero-order valence-electron chi connectivity index (χ0n) is 16.5. The number of aromatic nitrogens is 4. The number of anilines is 1. The number of halogens is 2. The molecule has 4 rings (SSSR count). The van der Waals surface area contributed by atoms with Crippen LogP contribution in [0.25, 0.3) is 11.2 Å². The first-order chi connectivity index (χ1) is 15.6. The number of phosphoric acid groups is 1. The topological polar surface area (TPSA) is 192 Å². The molecule has 0 saturated carbocycles. The Hall–Kier alpha value is -2.78. The first kappa shape index (κ1) is 23.4. The number of nitrogens with one attached hydrogen (secondary N) is 1. The van der Waals surface area contributed by atoms with Crippen molar-refractivity contribution < 1.29 is 47.7 Å². The highest BCUT2D eigenvalue weighted by Gasteiger charge is 2.44. The summed E-state index contributed by atoms with van der Waals surface area (Å²) < 4.78 is 49.6. The van der Waals surface area contributed by atoms with Gasteiger partial charge in [0, 0.05) is 6.54 Å². The van der Waals surface area contributed by atoms with E-state index in [1.165, 1.54) is 10.9 Å². The minimum atomic E-state index is -5.11. The van der Waals surface area contributed by atoms with Gasteiger partial charge in [0.2, 0.25) is 5.82 Å². The summed E-state index contributed by atoms with van der Waals surface area (Å²) in [7, 11) is -5.11. The van der Waals surface area contributed by atoms with Gasteiger partial charge in [-0.15, -0.1) is 0 Å². The first-order valence-corrected chi connectivity index (χ1v) is 10.9. The van der Waals surface area contributed by atoms with Crippen LogP contribution in [-0.2, 0) is 15.8 Å². The van der Waals surface area contributed by atoms with Crippen LogP contribution in [0.2, 0.25) is 0 Å². The van der Waals surface area contributed by atoms with Gasteiger partial charge in [0.25, 0.3) is 0 Å². The molecule has 1 saturated heterocycles.